The molecule has 1 aromatic carbocycles. The number of carboxylic acid groups (broad SMARTS) is 1. The topological polar surface area (TPSA) is 84.2 Å². The van der Waals surface area contributed by atoms with Crippen molar-refractivity contribution >= 4 is 29.3 Å². The number of carboxylic acids is 1. The van der Waals surface area contributed by atoms with Crippen molar-refractivity contribution in [2.75, 3.05) is 5.32 Å². The van der Waals surface area contributed by atoms with Crippen molar-refractivity contribution < 1.29 is 14.7 Å². The molecule has 1 aromatic heterocycles. The Morgan fingerprint density at radius 3 is 2.50 bits per heavy atom. The molecule has 0 radical (unpaired) electrons. The summed E-state index contributed by atoms with van der Waals surface area (Å²) in [6.45, 7) is -0.238. The quantitative estimate of drug-likeness (QED) is 0.870. The first-order valence-electron chi connectivity index (χ1n) is 7.82. The summed E-state index contributed by atoms with van der Waals surface area (Å²) in [5.41, 5.74) is 0.369. The molecule has 0 aliphatic heterocycles. The van der Waals surface area contributed by atoms with Crippen LogP contribution >= 0.6 is 11.6 Å². The minimum Gasteiger partial charge on any atom is -0.480 e. The monoisotopic (exact) mass is 347 g/mol. The third kappa shape index (κ3) is 3.28. The first-order chi connectivity index (χ1) is 11.5. The van der Waals surface area contributed by atoms with Gasteiger partial charge in [-0.2, -0.15) is 5.10 Å². The van der Waals surface area contributed by atoms with Gasteiger partial charge in [0.1, 0.15) is 6.54 Å². The third-order valence-corrected chi connectivity index (χ3v) is 4.72. The Labute approximate surface area is 144 Å². The van der Waals surface area contributed by atoms with Gasteiger partial charge in [-0.3, -0.25) is 14.3 Å². The third-order valence-electron chi connectivity index (χ3n) is 4.47. The van der Waals surface area contributed by atoms with Crippen LogP contribution in [0.3, 0.4) is 0 Å². The van der Waals surface area contributed by atoms with Gasteiger partial charge in [-0.1, -0.05) is 36.6 Å². The number of amides is 1. The number of nitrogens with one attached hydrogen (secondary N) is 1. The van der Waals surface area contributed by atoms with E-state index < -0.39 is 11.4 Å². The van der Waals surface area contributed by atoms with Crippen LogP contribution in [0.1, 0.15) is 31.2 Å². The lowest BCUT2D eigenvalue weighted by Gasteiger charge is -2.28. The Hall–Kier alpha value is -2.34. The van der Waals surface area contributed by atoms with E-state index in [2.05, 4.69) is 10.4 Å². The number of benzene rings is 1. The second-order valence-electron chi connectivity index (χ2n) is 6.04. The number of aliphatic carboxylic acids is 1. The first-order valence-corrected chi connectivity index (χ1v) is 8.20. The van der Waals surface area contributed by atoms with Crippen LogP contribution in [0.4, 0.5) is 5.82 Å². The lowest BCUT2D eigenvalue weighted by molar-refractivity contribution is -0.137. The molecule has 24 heavy (non-hydrogen) atoms. The molecule has 2 N–H and O–H groups in total. The van der Waals surface area contributed by atoms with Crippen LogP contribution in [0, 0.1) is 0 Å². The second kappa shape index (κ2) is 6.65. The van der Waals surface area contributed by atoms with E-state index in [0.717, 1.165) is 31.2 Å². The van der Waals surface area contributed by atoms with Gasteiger partial charge in [-0.15, -0.1) is 0 Å². The van der Waals surface area contributed by atoms with E-state index in [1.807, 2.05) is 12.1 Å². The average molecular weight is 348 g/mol. The number of carbonyl (C=O) groups is 2. The first kappa shape index (κ1) is 16.5. The van der Waals surface area contributed by atoms with Gasteiger partial charge in [0.2, 0.25) is 5.91 Å². The highest BCUT2D eigenvalue weighted by Crippen LogP contribution is 2.42. The largest absolute Gasteiger partial charge is 0.480 e. The Morgan fingerprint density at radius 2 is 1.88 bits per heavy atom. The van der Waals surface area contributed by atoms with Gasteiger partial charge < -0.3 is 10.4 Å². The van der Waals surface area contributed by atoms with Crippen molar-refractivity contribution in [1.82, 2.24) is 9.78 Å². The van der Waals surface area contributed by atoms with E-state index in [1.165, 1.54) is 10.9 Å². The van der Waals surface area contributed by atoms with E-state index in [0.29, 0.717) is 10.8 Å². The molecule has 6 nitrogen and oxygen atoms in total. The SMILES string of the molecule is O=C(O)Cn1ccc(NC(=O)C2(c3ccc(Cl)cc3)CCCC2)n1. The Morgan fingerprint density at radius 1 is 1.21 bits per heavy atom. The molecule has 0 unspecified atom stereocenters. The fourth-order valence-corrected chi connectivity index (χ4v) is 3.41. The normalized spacial score (nSPS) is 16.0. The summed E-state index contributed by atoms with van der Waals surface area (Å²) in [5, 5.41) is 16.3. The van der Waals surface area contributed by atoms with Gasteiger partial charge in [0, 0.05) is 17.3 Å². The zero-order valence-corrected chi connectivity index (χ0v) is 13.8. The van der Waals surface area contributed by atoms with Gasteiger partial charge in [0.25, 0.3) is 0 Å². The molecule has 7 heteroatoms. The standard InChI is InChI=1S/C17H18ClN3O3/c18-13-5-3-12(4-6-13)17(8-1-2-9-17)16(24)19-14-7-10-21(20-14)11-15(22)23/h3-7,10H,1-2,8-9,11H2,(H,22,23)(H,19,20,24). The van der Waals surface area contributed by atoms with Crippen molar-refractivity contribution in [1.29, 1.82) is 0 Å². The van der Waals surface area contributed by atoms with Crippen molar-refractivity contribution in [3.05, 3.63) is 47.1 Å². The van der Waals surface area contributed by atoms with E-state index in [4.69, 9.17) is 16.7 Å². The van der Waals surface area contributed by atoms with Crippen LogP contribution in [0.15, 0.2) is 36.5 Å². The highest BCUT2D eigenvalue weighted by Gasteiger charge is 2.42. The lowest BCUT2D eigenvalue weighted by Crippen LogP contribution is -2.38. The fourth-order valence-electron chi connectivity index (χ4n) is 3.29. The number of hydrogen-bond acceptors (Lipinski definition) is 3. The zero-order valence-electron chi connectivity index (χ0n) is 13.0. The molecule has 1 heterocycles. The number of anilines is 1. The Kier molecular flexibility index (Phi) is 4.57. The smallest absolute Gasteiger partial charge is 0.325 e. The molecule has 0 spiro atoms. The number of carbonyl (C=O) groups excluding carboxylic acids is 1. The van der Waals surface area contributed by atoms with Crippen LogP contribution in [0.5, 0.6) is 0 Å². The highest BCUT2D eigenvalue weighted by molar-refractivity contribution is 6.30. The number of rotatable bonds is 5. The van der Waals surface area contributed by atoms with Gasteiger partial charge in [0.05, 0.1) is 5.41 Å². The van der Waals surface area contributed by atoms with E-state index in [-0.39, 0.29) is 12.5 Å². The number of nitrogens with zero attached hydrogens (tertiary/aromatic N) is 2. The lowest BCUT2D eigenvalue weighted by atomic mass is 9.78. The molecule has 0 saturated heterocycles. The molecule has 1 aliphatic rings. The molecule has 2 aromatic rings. The predicted octanol–water partition coefficient (Wildman–Crippen LogP) is 3.07. The van der Waals surface area contributed by atoms with Crippen LogP contribution in [-0.4, -0.2) is 26.8 Å². The van der Waals surface area contributed by atoms with Crippen molar-refractivity contribution in [2.45, 2.75) is 37.6 Å². The maximum Gasteiger partial charge on any atom is 0.325 e. The van der Waals surface area contributed by atoms with Gasteiger partial charge in [-0.25, -0.2) is 0 Å². The molecule has 0 bridgehead atoms. The highest BCUT2D eigenvalue weighted by atomic mass is 35.5. The summed E-state index contributed by atoms with van der Waals surface area (Å²) in [4.78, 5) is 23.7. The zero-order chi connectivity index (χ0) is 17.2. The van der Waals surface area contributed by atoms with Gasteiger partial charge >= 0.3 is 5.97 Å². The van der Waals surface area contributed by atoms with E-state index in [1.54, 1.807) is 18.2 Å². The van der Waals surface area contributed by atoms with Crippen LogP contribution in [-0.2, 0) is 21.5 Å². The molecule has 1 fully saturated rings. The number of hydrogen-bond donors (Lipinski definition) is 2. The van der Waals surface area contributed by atoms with Crippen LogP contribution in [0.25, 0.3) is 0 Å². The summed E-state index contributed by atoms with van der Waals surface area (Å²) in [5.74, 6) is -0.728. The minimum atomic E-state index is -0.982. The molecule has 1 amide bonds. The summed E-state index contributed by atoms with van der Waals surface area (Å²) in [6.07, 6.45) is 5.06. The summed E-state index contributed by atoms with van der Waals surface area (Å²) in [7, 11) is 0. The molecule has 3 rings (SSSR count). The second-order valence-corrected chi connectivity index (χ2v) is 6.48. The molecule has 126 valence electrons. The Balaban J connectivity index is 1.81. The summed E-state index contributed by atoms with van der Waals surface area (Å²) < 4.78 is 1.28. The average Bonchev–Trinajstić information content (AvgIpc) is 3.18. The van der Waals surface area contributed by atoms with Crippen molar-refractivity contribution in [3.63, 3.8) is 0 Å². The molecular formula is C17H18ClN3O3. The number of aromatic nitrogens is 2. The maximum atomic E-state index is 12.9. The van der Waals surface area contributed by atoms with Crippen molar-refractivity contribution in [3.8, 4) is 0 Å². The fraction of sp³-hybridized carbons (Fsp3) is 0.353. The maximum absolute atomic E-state index is 12.9. The molecule has 1 aliphatic carbocycles. The Bertz CT molecular complexity index is 749. The van der Waals surface area contributed by atoms with Crippen LogP contribution in [0.2, 0.25) is 5.02 Å². The van der Waals surface area contributed by atoms with E-state index >= 15 is 0 Å². The molecule has 0 atom stereocenters. The van der Waals surface area contributed by atoms with Crippen molar-refractivity contribution in [2.24, 2.45) is 0 Å². The molecular weight excluding hydrogens is 330 g/mol. The van der Waals surface area contributed by atoms with Gasteiger partial charge in [0.15, 0.2) is 5.82 Å². The summed E-state index contributed by atoms with van der Waals surface area (Å²) in [6, 6.07) is 9.00. The molecule has 1 saturated carbocycles. The van der Waals surface area contributed by atoms with Crippen LogP contribution < -0.4 is 5.32 Å². The number of halogens is 1. The van der Waals surface area contributed by atoms with E-state index in [9.17, 15) is 9.59 Å². The van der Waals surface area contributed by atoms with Gasteiger partial charge in [-0.05, 0) is 30.5 Å². The predicted molar refractivity (Wildman–Crippen MR) is 90.1 cm³/mol. The summed E-state index contributed by atoms with van der Waals surface area (Å²) >= 11 is 5.96. The minimum absolute atomic E-state index is 0.108.